The van der Waals surface area contributed by atoms with E-state index in [1.54, 1.807) is 0 Å². The van der Waals surface area contributed by atoms with E-state index in [0.717, 1.165) is 42.1 Å². The van der Waals surface area contributed by atoms with Crippen LogP contribution in [0.2, 0.25) is 0 Å². The molecule has 6 aliphatic rings. The molecule has 144 valence electrons. The first-order chi connectivity index (χ1) is 11.8. The largest absolute Gasteiger partial charge is 0.315 e. The first-order valence-electron chi connectivity index (χ1n) is 11.2. The molecule has 2 nitrogen and oxygen atoms in total. The Morgan fingerprint density at radius 1 is 0.800 bits per heavy atom. The molecule has 6 rings (SSSR count). The van der Waals surface area contributed by atoms with E-state index in [1.807, 2.05) is 0 Å². The summed E-state index contributed by atoms with van der Waals surface area (Å²) in [6.07, 6.45) is 8.89. The van der Waals surface area contributed by atoms with Gasteiger partial charge in [-0.05, 0) is 105 Å². The van der Waals surface area contributed by atoms with Gasteiger partial charge >= 0.3 is 0 Å². The summed E-state index contributed by atoms with van der Waals surface area (Å²) in [5, 5.41) is 7.67. The molecule has 2 heteroatoms. The minimum atomic E-state index is 0.603. The van der Waals surface area contributed by atoms with Gasteiger partial charge in [-0.1, -0.05) is 27.7 Å². The smallest absolute Gasteiger partial charge is 0.0164 e. The molecule has 0 heterocycles. The van der Waals surface area contributed by atoms with Crippen molar-refractivity contribution in [1.82, 2.24) is 10.6 Å². The molecule has 0 aliphatic heterocycles. The van der Waals surface area contributed by atoms with Gasteiger partial charge in [0.1, 0.15) is 0 Å². The third kappa shape index (κ3) is 3.10. The van der Waals surface area contributed by atoms with E-state index in [9.17, 15) is 0 Å². The predicted molar refractivity (Wildman–Crippen MR) is 107 cm³/mol. The maximum absolute atomic E-state index is 3.86. The molecule has 6 aliphatic carbocycles. The summed E-state index contributed by atoms with van der Waals surface area (Å²) in [7, 11) is 0. The molecule has 0 amide bonds. The van der Waals surface area contributed by atoms with Crippen LogP contribution in [0.25, 0.3) is 0 Å². The second-order valence-electron chi connectivity index (χ2n) is 11.4. The lowest BCUT2D eigenvalue weighted by molar-refractivity contribution is -0.104. The van der Waals surface area contributed by atoms with Crippen molar-refractivity contribution in [3.63, 3.8) is 0 Å². The van der Waals surface area contributed by atoms with Crippen LogP contribution in [-0.2, 0) is 0 Å². The molecule has 0 radical (unpaired) electrons. The van der Waals surface area contributed by atoms with E-state index in [-0.39, 0.29) is 0 Å². The SMILES string of the molecule is CC(CNC[C@H]1CC[C@@H]2C[C@H]1C2(C)C)NC[C@@H]1CC[C@@H]2C[C@H]1C2(C)C. The number of nitrogens with one attached hydrogen (secondary N) is 2. The van der Waals surface area contributed by atoms with Crippen molar-refractivity contribution in [1.29, 1.82) is 0 Å². The molecule has 4 bridgehead atoms. The highest BCUT2D eigenvalue weighted by Gasteiger charge is 2.54. The maximum atomic E-state index is 3.86. The van der Waals surface area contributed by atoms with Crippen molar-refractivity contribution in [3.8, 4) is 0 Å². The molecule has 0 aromatic rings. The van der Waals surface area contributed by atoms with Gasteiger partial charge in [0.25, 0.3) is 0 Å². The quantitative estimate of drug-likeness (QED) is 0.698. The molecule has 0 saturated heterocycles. The van der Waals surface area contributed by atoms with E-state index in [4.69, 9.17) is 0 Å². The Balaban J connectivity index is 1.15. The highest BCUT2D eigenvalue weighted by molar-refractivity contribution is 5.04. The molecule has 2 N–H and O–H groups in total. The molecular formula is C23H42N2. The molecule has 6 saturated carbocycles. The van der Waals surface area contributed by atoms with Gasteiger partial charge < -0.3 is 10.6 Å². The number of fused-ring (bicyclic) bond motifs is 4. The first-order valence-corrected chi connectivity index (χ1v) is 11.2. The summed E-state index contributed by atoms with van der Waals surface area (Å²) in [6, 6.07) is 0.603. The van der Waals surface area contributed by atoms with Crippen molar-refractivity contribution in [3.05, 3.63) is 0 Å². The van der Waals surface area contributed by atoms with Crippen LogP contribution < -0.4 is 10.6 Å². The second-order valence-corrected chi connectivity index (χ2v) is 11.4. The van der Waals surface area contributed by atoms with Crippen LogP contribution in [0, 0.1) is 46.3 Å². The van der Waals surface area contributed by atoms with E-state index in [0.29, 0.717) is 16.9 Å². The van der Waals surface area contributed by atoms with Gasteiger partial charge in [-0.3, -0.25) is 0 Å². The molecule has 0 aromatic heterocycles. The number of rotatable bonds is 7. The van der Waals surface area contributed by atoms with Crippen LogP contribution in [0.5, 0.6) is 0 Å². The van der Waals surface area contributed by atoms with Crippen LogP contribution in [0.15, 0.2) is 0 Å². The highest BCUT2D eigenvalue weighted by atomic mass is 15.0. The fraction of sp³-hybridized carbons (Fsp3) is 1.00. The Kier molecular flexibility index (Phi) is 4.77. The van der Waals surface area contributed by atoms with Crippen LogP contribution in [-0.4, -0.2) is 25.7 Å². The Morgan fingerprint density at radius 2 is 1.32 bits per heavy atom. The maximum Gasteiger partial charge on any atom is 0.0164 e. The fourth-order valence-corrected chi connectivity index (χ4v) is 7.32. The van der Waals surface area contributed by atoms with Crippen LogP contribution in [0.1, 0.15) is 73.1 Å². The van der Waals surface area contributed by atoms with Gasteiger partial charge in [0.2, 0.25) is 0 Å². The predicted octanol–water partition coefficient (Wildman–Crippen LogP) is 4.70. The zero-order valence-corrected chi connectivity index (χ0v) is 17.4. The lowest BCUT2D eigenvalue weighted by Gasteiger charge is -2.60. The van der Waals surface area contributed by atoms with Crippen molar-refractivity contribution < 1.29 is 0 Å². The Hall–Kier alpha value is -0.0800. The summed E-state index contributed by atoms with van der Waals surface area (Å²) in [4.78, 5) is 0. The van der Waals surface area contributed by atoms with Crippen LogP contribution in [0.3, 0.4) is 0 Å². The minimum Gasteiger partial charge on any atom is -0.315 e. The van der Waals surface area contributed by atoms with Crippen LogP contribution in [0.4, 0.5) is 0 Å². The van der Waals surface area contributed by atoms with Gasteiger partial charge in [-0.25, -0.2) is 0 Å². The average Bonchev–Trinajstić information content (AvgIpc) is 2.60. The van der Waals surface area contributed by atoms with E-state index in [1.165, 1.54) is 51.6 Å². The van der Waals surface area contributed by atoms with Gasteiger partial charge in [0.05, 0.1) is 0 Å². The monoisotopic (exact) mass is 346 g/mol. The second kappa shape index (κ2) is 6.51. The molecule has 6 fully saturated rings. The molecule has 0 spiro atoms. The Labute approximate surface area is 156 Å². The summed E-state index contributed by atoms with van der Waals surface area (Å²) >= 11 is 0. The van der Waals surface area contributed by atoms with Gasteiger partial charge in [-0.15, -0.1) is 0 Å². The summed E-state index contributed by atoms with van der Waals surface area (Å²) in [6.45, 7) is 16.0. The van der Waals surface area contributed by atoms with Crippen LogP contribution >= 0.6 is 0 Å². The molecular weight excluding hydrogens is 304 g/mol. The van der Waals surface area contributed by atoms with Crippen molar-refractivity contribution >= 4 is 0 Å². The lowest BCUT2D eigenvalue weighted by Crippen LogP contribution is -2.55. The third-order valence-corrected chi connectivity index (χ3v) is 9.59. The minimum absolute atomic E-state index is 0.603. The standard InChI is InChI=1S/C23H42N2/c1-15(25-14-17-7-9-19-11-21(17)23(19,4)5)12-24-13-16-6-8-18-10-20(16)22(18,2)3/h15-21,24-25H,6-14H2,1-5H3/t15?,16-,17+,18-,19-,20-,21-/m1/s1. The fourth-order valence-electron chi connectivity index (χ4n) is 7.32. The lowest BCUT2D eigenvalue weighted by atomic mass is 9.45. The molecule has 7 atom stereocenters. The van der Waals surface area contributed by atoms with Gasteiger partial charge in [-0.2, -0.15) is 0 Å². The Morgan fingerprint density at radius 3 is 1.80 bits per heavy atom. The normalized spacial score (nSPS) is 44.5. The zero-order valence-electron chi connectivity index (χ0n) is 17.4. The zero-order chi connectivity index (χ0) is 17.8. The third-order valence-electron chi connectivity index (χ3n) is 9.59. The van der Waals surface area contributed by atoms with E-state index < -0.39 is 0 Å². The van der Waals surface area contributed by atoms with Gasteiger partial charge in [0, 0.05) is 12.6 Å². The van der Waals surface area contributed by atoms with Gasteiger partial charge in [0.15, 0.2) is 0 Å². The van der Waals surface area contributed by atoms with E-state index >= 15 is 0 Å². The summed E-state index contributed by atoms with van der Waals surface area (Å²) < 4.78 is 0. The van der Waals surface area contributed by atoms with Crippen molar-refractivity contribution in [2.24, 2.45) is 46.3 Å². The van der Waals surface area contributed by atoms with Crippen molar-refractivity contribution in [2.75, 3.05) is 19.6 Å². The summed E-state index contributed by atoms with van der Waals surface area (Å²) in [5.74, 6) is 5.87. The van der Waals surface area contributed by atoms with E-state index in [2.05, 4.69) is 45.3 Å². The Bertz CT molecular complexity index is 478. The number of hydrogen-bond donors (Lipinski definition) is 2. The molecule has 1 unspecified atom stereocenters. The molecule has 25 heavy (non-hydrogen) atoms. The topological polar surface area (TPSA) is 24.1 Å². The summed E-state index contributed by atoms with van der Waals surface area (Å²) in [5.41, 5.74) is 1.25. The molecule has 0 aromatic carbocycles. The number of hydrogen-bond acceptors (Lipinski definition) is 2. The van der Waals surface area contributed by atoms with Crippen molar-refractivity contribution in [2.45, 2.75) is 79.2 Å². The first kappa shape index (κ1) is 18.3. The average molecular weight is 347 g/mol. The highest BCUT2D eigenvalue weighted by Crippen LogP contribution is 2.62.